The van der Waals surface area contributed by atoms with Crippen LogP contribution in [0, 0.1) is 0 Å². The largest absolute Gasteiger partial charge is 0.486 e. The molecule has 2 rings (SSSR count). The van der Waals surface area contributed by atoms with E-state index in [1.54, 1.807) is 18.2 Å². The maximum Gasteiger partial charge on any atom is 0.150 e. The lowest BCUT2D eigenvalue weighted by molar-refractivity contribution is 0.112. The van der Waals surface area contributed by atoms with Gasteiger partial charge < -0.3 is 4.74 Å². The van der Waals surface area contributed by atoms with Gasteiger partial charge in [0.1, 0.15) is 18.6 Å². The molecule has 0 aliphatic rings. The number of carbonyl (C=O) groups is 1. The van der Waals surface area contributed by atoms with E-state index in [0.29, 0.717) is 24.0 Å². The van der Waals surface area contributed by atoms with Gasteiger partial charge in [-0.2, -0.15) is 5.10 Å². The molecule has 0 saturated heterocycles. The summed E-state index contributed by atoms with van der Waals surface area (Å²) in [5.74, 6) is 0.699. The van der Waals surface area contributed by atoms with E-state index in [4.69, 9.17) is 4.74 Å². The number of aldehydes is 1. The second kappa shape index (κ2) is 6.02. The topological polar surface area (TPSA) is 44.1 Å². The van der Waals surface area contributed by atoms with Crippen molar-refractivity contribution in [3.63, 3.8) is 0 Å². The summed E-state index contributed by atoms with van der Waals surface area (Å²) in [6.45, 7) is 4.55. The molecule has 1 aromatic carbocycles. The SMILES string of the molecule is CC(C)n1ccc(COc2ccc(C=O)cc2Br)n1. The first kappa shape index (κ1) is 13.8. The van der Waals surface area contributed by atoms with Crippen LogP contribution in [0.5, 0.6) is 5.75 Å². The average molecular weight is 323 g/mol. The Morgan fingerprint density at radius 2 is 2.21 bits per heavy atom. The first-order valence-electron chi connectivity index (χ1n) is 6.01. The zero-order valence-corrected chi connectivity index (χ0v) is 12.4. The number of aromatic nitrogens is 2. The van der Waals surface area contributed by atoms with Gasteiger partial charge in [0, 0.05) is 17.8 Å². The molecule has 1 aromatic heterocycles. The number of nitrogens with zero attached hydrogens (tertiary/aromatic N) is 2. The Balaban J connectivity index is 2.03. The monoisotopic (exact) mass is 322 g/mol. The zero-order chi connectivity index (χ0) is 13.8. The molecule has 2 aromatic rings. The molecule has 0 aliphatic carbocycles. The molecule has 0 spiro atoms. The summed E-state index contributed by atoms with van der Waals surface area (Å²) >= 11 is 3.38. The minimum atomic E-state index is 0.340. The summed E-state index contributed by atoms with van der Waals surface area (Å²) < 4.78 is 8.33. The number of hydrogen-bond acceptors (Lipinski definition) is 3. The van der Waals surface area contributed by atoms with E-state index in [-0.39, 0.29) is 0 Å². The highest BCUT2D eigenvalue weighted by molar-refractivity contribution is 9.10. The van der Waals surface area contributed by atoms with Crippen LogP contribution in [-0.4, -0.2) is 16.1 Å². The lowest BCUT2D eigenvalue weighted by Gasteiger charge is -2.07. The lowest BCUT2D eigenvalue weighted by Crippen LogP contribution is -2.03. The van der Waals surface area contributed by atoms with Crippen LogP contribution in [0.3, 0.4) is 0 Å². The van der Waals surface area contributed by atoms with Gasteiger partial charge in [-0.3, -0.25) is 9.48 Å². The molecule has 0 amide bonds. The Morgan fingerprint density at radius 3 is 2.79 bits per heavy atom. The van der Waals surface area contributed by atoms with E-state index in [1.807, 2.05) is 16.9 Å². The highest BCUT2D eigenvalue weighted by Crippen LogP contribution is 2.26. The van der Waals surface area contributed by atoms with Gasteiger partial charge in [-0.1, -0.05) is 0 Å². The molecule has 5 heteroatoms. The highest BCUT2D eigenvalue weighted by atomic mass is 79.9. The Morgan fingerprint density at radius 1 is 1.42 bits per heavy atom. The smallest absolute Gasteiger partial charge is 0.150 e. The molecule has 4 nitrogen and oxygen atoms in total. The molecule has 0 unspecified atom stereocenters. The number of rotatable bonds is 5. The van der Waals surface area contributed by atoms with Crippen molar-refractivity contribution in [2.24, 2.45) is 0 Å². The molecule has 0 N–H and O–H groups in total. The summed E-state index contributed by atoms with van der Waals surface area (Å²) in [7, 11) is 0. The van der Waals surface area contributed by atoms with Gasteiger partial charge in [-0.15, -0.1) is 0 Å². The number of benzene rings is 1. The minimum Gasteiger partial charge on any atom is -0.486 e. The van der Waals surface area contributed by atoms with Crippen molar-refractivity contribution in [1.29, 1.82) is 0 Å². The summed E-state index contributed by atoms with van der Waals surface area (Å²) in [5.41, 5.74) is 1.49. The van der Waals surface area contributed by atoms with Crippen molar-refractivity contribution in [1.82, 2.24) is 9.78 Å². The van der Waals surface area contributed by atoms with Crippen molar-refractivity contribution in [2.75, 3.05) is 0 Å². The molecule has 1 heterocycles. The van der Waals surface area contributed by atoms with Crippen LogP contribution in [0.2, 0.25) is 0 Å². The van der Waals surface area contributed by atoms with E-state index in [0.717, 1.165) is 16.5 Å². The normalized spacial score (nSPS) is 10.7. The van der Waals surface area contributed by atoms with Gasteiger partial charge >= 0.3 is 0 Å². The van der Waals surface area contributed by atoms with Crippen LogP contribution >= 0.6 is 15.9 Å². The van der Waals surface area contributed by atoms with Gasteiger partial charge in [0.15, 0.2) is 0 Å². The third-order valence-electron chi connectivity index (χ3n) is 2.66. The molecule has 0 atom stereocenters. The average Bonchev–Trinajstić information content (AvgIpc) is 2.86. The van der Waals surface area contributed by atoms with Crippen molar-refractivity contribution in [3.05, 3.63) is 46.2 Å². The number of ether oxygens (including phenoxy) is 1. The van der Waals surface area contributed by atoms with Crippen LogP contribution in [0.4, 0.5) is 0 Å². The molecule has 0 aliphatic heterocycles. The Labute approximate surface area is 120 Å². The Bertz CT molecular complexity index is 579. The van der Waals surface area contributed by atoms with Crippen LogP contribution in [0.1, 0.15) is 35.9 Å². The predicted molar refractivity (Wildman–Crippen MR) is 76.5 cm³/mol. The van der Waals surface area contributed by atoms with Gasteiger partial charge in [-0.05, 0) is 54.0 Å². The number of hydrogen-bond donors (Lipinski definition) is 0. The number of carbonyl (C=O) groups excluding carboxylic acids is 1. The maximum atomic E-state index is 10.6. The standard InChI is InChI=1S/C14H15BrN2O2/c1-10(2)17-6-5-12(16-17)9-19-14-4-3-11(8-18)7-13(14)15/h3-8,10H,9H2,1-2H3. The summed E-state index contributed by atoms with van der Waals surface area (Å²) in [5, 5.41) is 4.41. The second-order valence-corrected chi connectivity index (χ2v) is 5.33. The van der Waals surface area contributed by atoms with Crippen LogP contribution in [0.15, 0.2) is 34.9 Å². The van der Waals surface area contributed by atoms with Gasteiger partial charge in [-0.25, -0.2) is 0 Å². The number of halogens is 1. The molecular formula is C14H15BrN2O2. The molecule has 0 bridgehead atoms. The van der Waals surface area contributed by atoms with E-state index in [1.165, 1.54) is 0 Å². The van der Waals surface area contributed by atoms with E-state index >= 15 is 0 Å². The van der Waals surface area contributed by atoms with Crippen molar-refractivity contribution >= 4 is 22.2 Å². The van der Waals surface area contributed by atoms with E-state index in [9.17, 15) is 4.79 Å². The summed E-state index contributed by atoms with van der Waals surface area (Å²) in [6.07, 6.45) is 2.74. The van der Waals surface area contributed by atoms with Crippen molar-refractivity contribution < 1.29 is 9.53 Å². The predicted octanol–water partition coefficient (Wildman–Crippen LogP) is 3.62. The fraction of sp³-hybridized carbons (Fsp3) is 0.286. The zero-order valence-electron chi connectivity index (χ0n) is 10.8. The first-order chi connectivity index (χ1) is 9.10. The fourth-order valence-electron chi connectivity index (χ4n) is 1.60. The lowest BCUT2D eigenvalue weighted by atomic mass is 10.2. The Hall–Kier alpha value is -1.62. The first-order valence-corrected chi connectivity index (χ1v) is 6.81. The van der Waals surface area contributed by atoms with Crippen molar-refractivity contribution in [2.45, 2.75) is 26.5 Å². The van der Waals surface area contributed by atoms with Gasteiger partial charge in [0.05, 0.1) is 10.2 Å². The van der Waals surface area contributed by atoms with Crippen LogP contribution < -0.4 is 4.74 Å². The molecule has 0 radical (unpaired) electrons. The quantitative estimate of drug-likeness (QED) is 0.790. The minimum absolute atomic E-state index is 0.340. The third kappa shape index (κ3) is 3.44. The van der Waals surface area contributed by atoms with Crippen LogP contribution in [0.25, 0.3) is 0 Å². The van der Waals surface area contributed by atoms with E-state index in [2.05, 4.69) is 34.9 Å². The maximum absolute atomic E-state index is 10.6. The van der Waals surface area contributed by atoms with Crippen LogP contribution in [-0.2, 0) is 6.61 Å². The van der Waals surface area contributed by atoms with Gasteiger partial charge in [0.25, 0.3) is 0 Å². The summed E-state index contributed by atoms with van der Waals surface area (Å²) in [4.78, 5) is 10.6. The van der Waals surface area contributed by atoms with Crippen molar-refractivity contribution in [3.8, 4) is 5.75 Å². The molecule has 100 valence electrons. The second-order valence-electron chi connectivity index (χ2n) is 4.48. The third-order valence-corrected chi connectivity index (χ3v) is 3.28. The summed E-state index contributed by atoms with van der Waals surface area (Å²) in [6, 6.07) is 7.50. The molecule has 19 heavy (non-hydrogen) atoms. The fourth-order valence-corrected chi connectivity index (χ4v) is 2.11. The van der Waals surface area contributed by atoms with E-state index < -0.39 is 0 Å². The molecule has 0 saturated carbocycles. The molecular weight excluding hydrogens is 308 g/mol. The highest BCUT2D eigenvalue weighted by Gasteiger charge is 2.06. The van der Waals surface area contributed by atoms with Gasteiger partial charge in [0.2, 0.25) is 0 Å². The molecule has 0 fully saturated rings. The Kier molecular flexibility index (Phi) is 4.37.